The molecular weight excluding hydrogens is 259 g/mol. The third kappa shape index (κ3) is 2.63. The molecule has 0 saturated heterocycles. The number of allylic oxidation sites excluding steroid dienone is 1. The van der Waals surface area contributed by atoms with Crippen LogP contribution in [0.15, 0.2) is 30.3 Å². The molecule has 0 fully saturated rings. The summed E-state index contributed by atoms with van der Waals surface area (Å²) in [6, 6.07) is 8.53. The van der Waals surface area contributed by atoms with E-state index < -0.39 is 0 Å². The van der Waals surface area contributed by atoms with E-state index in [2.05, 4.69) is 65.9 Å². The third-order valence-electron chi connectivity index (χ3n) is 1.73. The molecule has 64 valence electrons. The lowest BCUT2D eigenvalue weighted by atomic mass is 10.1. The fraction of sp³-hybridized carbons (Fsp3) is 0.273. The Kier molecular flexibility index (Phi) is 4.36. The van der Waals surface area contributed by atoms with Crippen LogP contribution in [0.1, 0.15) is 24.5 Å². The maximum atomic E-state index is 2.40. The van der Waals surface area contributed by atoms with E-state index in [1.165, 1.54) is 11.1 Å². The first kappa shape index (κ1) is 9.78. The van der Waals surface area contributed by atoms with Gasteiger partial charge in [0, 0.05) is 4.43 Å². The highest BCUT2D eigenvalue weighted by molar-refractivity contribution is 14.1. The highest BCUT2D eigenvalue weighted by Crippen LogP contribution is 2.14. The van der Waals surface area contributed by atoms with E-state index in [4.69, 9.17) is 0 Å². The van der Waals surface area contributed by atoms with Crippen molar-refractivity contribution in [2.24, 2.45) is 0 Å². The second kappa shape index (κ2) is 5.36. The van der Waals surface area contributed by atoms with Gasteiger partial charge in [0.15, 0.2) is 0 Å². The molecule has 12 heavy (non-hydrogen) atoms. The first-order valence-corrected chi connectivity index (χ1v) is 5.71. The van der Waals surface area contributed by atoms with E-state index in [-0.39, 0.29) is 0 Å². The van der Waals surface area contributed by atoms with Gasteiger partial charge in [0.05, 0.1) is 0 Å². The summed E-state index contributed by atoms with van der Waals surface area (Å²) < 4.78 is 1.09. The Morgan fingerprint density at radius 1 is 1.33 bits per heavy atom. The van der Waals surface area contributed by atoms with E-state index in [0.717, 1.165) is 10.8 Å². The number of alkyl halides is 1. The van der Waals surface area contributed by atoms with Crippen LogP contribution in [0.4, 0.5) is 0 Å². The molecule has 0 aromatic heterocycles. The molecule has 0 bridgehead atoms. The Labute approximate surface area is 87.8 Å². The van der Waals surface area contributed by atoms with Gasteiger partial charge in [-0.2, -0.15) is 0 Å². The predicted molar refractivity (Wildman–Crippen MR) is 63.5 cm³/mol. The lowest BCUT2D eigenvalue weighted by Gasteiger charge is -2.00. The van der Waals surface area contributed by atoms with Crippen LogP contribution in [0.5, 0.6) is 0 Å². The first-order valence-electron chi connectivity index (χ1n) is 4.19. The van der Waals surface area contributed by atoms with Crippen molar-refractivity contribution in [2.45, 2.75) is 17.8 Å². The molecule has 0 saturated carbocycles. The van der Waals surface area contributed by atoms with Crippen molar-refractivity contribution in [3.8, 4) is 0 Å². The average Bonchev–Trinajstić information content (AvgIpc) is 2.15. The molecule has 0 heterocycles. The maximum absolute atomic E-state index is 2.40. The summed E-state index contributed by atoms with van der Waals surface area (Å²) in [7, 11) is 0. The SMILES string of the molecule is CC/C=C/c1ccccc1CI. The third-order valence-corrected chi connectivity index (χ3v) is 2.55. The number of hydrogen-bond donors (Lipinski definition) is 0. The van der Waals surface area contributed by atoms with Gasteiger partial charge < -0.3 is 0 Å². The number of halogens is 1. The second-order valence-electron chi connectivity index (χ2n) is 2.64. The highest BCUT2D eigenvalue weighted by atomic mass is 127. The standard InChI is InChI=1S/C11H13I/c1-2-3-6-10-7-4-5-8-11(10)9-12/h3-8H,2,9H2,1H3/b6-3+. The fourth-order valence-electron chi connectivity index (χ4n) is 1.06. The molecule has 1 heteroatoms. The molecule has 0 atom stereocenters. The quantitative estimate of drug-likeness (QED) is 0.575. The summed E-state index contributed by atoms with van der Waals surface area (Å²) in [5.41, 5.74) is 2.77. The maximum Gasteiger partial charge on any atom is 0.0253 e. The Hall–Kier alpha value is -0.310. The van der Waals surface area contributed by atoms with Crippen LogP contribution < -0.4 is 0 Å². The number of benzene rings is 1. The Morgan fingerprint density at radius 2 is 2.08 bits per heavy atom. The van der Waals surface area contributed by atoms with Gasteiger partial charge in [-0.05, 0) is 17.5 Å². The lowest BCUT2D eigenvalue weighted by Crippen LogP contribution is -1.81. The van der Waals surface area contributed by atoms with Crippen molar-refractivity contribution in [3.05, 3.63) is 41.5 Å². The van der Waals surface area contributed by atoms with Crippen molar-refractivity contribution in [2.75, 3.05) is 0 Å². The zero-order valence-electron chi connectivity index (χ0n) is 7.26. The van der Waals surface area contributed by atoms with Crippen LogP contribution in [0.3, 0.4) is 0 Å². The minimum Gasteiger partial charge on any atom is -0.0842 e. The molecule has 0 radical (unpaired) electrons. The van der Waals surface area contributed by atoms with Gasteiger partial charge in [-0.25, -0.2) is 0 Å². The lowest BCUT2D eigenvalue weighted by molar-refractivity contribution is 1.23. The molecule has 1 aromatic rings. The normalized spacial score (nSPS) is 10.8. The van der Waals surface area contributed by atoms with Gasteiger partial charge in [0.25, 0.3) is 0 Å². The molecule has 0 N–H and O–H groups in total. The Morgan fingerprint density at radius 3 is 2.75 bits per heavy atom. The summed E-state index contributed by atoms with van der Waals surface area (Å²) in [6.45, 7) is 2.16. The molecule has 0 nitrogen and oxygen atoms in total. The summed E-state index contributed by atoms with van der Waals surface area (Å²) in [4.78, 5) is 0. The molecule has 0 aliphatic carbocycles. The second-order valence-corrected chi connectivity index (χ2v) is 3.41. The monoisotopic (exact) mass is 272 g/mol. The van der Waals surface area contributed by atoms with Gasteiger partial charge in [-0.3, -0.25) is 0 Å². The van der Waals surface area contributed by atoms with Crippen molar-refractivity contribution in [1.29, 1.82) is 0 Å². The van der Waals surface area contributed by atoms with Crippen LogP contribution in [0.25, 0.3) is 6.08 Å². The molecule has 0 spiro atoms. The van der Waals surface area contributed by atoms with Crippen molar-refractivity contribution in [1.82, 2.24) is 0 Å². The highest BCUT2D eigenvalue weighted by Gasteiger charge is 1.93. The van der Waals surface area contributed by atoms with Crippen LogP contribution in [0.2, 0.25) is 0 Å². The zero-order chi connectivity index (χ0) is 8.81. The van der Waals surface area contributed by atoms with Gasteiger partial charge in [0.1, 0.15) is 0 Å². The van der Waals surface area contributed by atoms with Crippen LogP contribution in [0, 0.1) is 0 Å². The predicted octanol–water partition coefficient (Wildman–Crippen LogP) is 4.04. The van der Waals surface area contributed by atoms with Gasteiger partial charge in [-0.15, -0.1) is 0 Å². The van der Waals surface area contributed by atoms with Crippen molar-refractivity contribution >= 4 is 28.7 Å². The minimum atomic E-state index is 1.09. The zero-order valence-corrected chi connectivity index (χ0v) is 9.41. The van der Waals surface area contributed by atoms with E-state index in [1.54, 1.807) is 0 Å². The molecule has 0 aliphatic rings. The fourth-order valence-corrected chi connectivity index (χ4v) is 1.76. The van der Waals surface area contributed by atoms with Crippen LogP contribution in [-0.4, -0.2) is 0 Å². The van der Waals surface area contributed by atoms with Crippen molar-refractivity contribution in [3.63, 3.8) is 0 Å². The molecule has 1 aromatic carbocycles. The van der Waals surface area contributed by atoms with Crippen LogP contribution >= 0.6 is 22.6 Å². The minimum absolute atomic E-state index is 1.09. The first-order chi connectivity index (χ1) is 5.88. The largest absolute Gasteiger partial charge is 0.0842 e. The van der Waals surface area contributed by atoms with Gasteiger partial charge >= 0.3 is 0 Å². The molecular formula is C11H13I. The van der Waals surface area contributed by atoms with E-state index in [1.807, 2.05) is 0 Å². The summed E-state index contributed by atoms with van der Waals surface area (Å²) in [6.07, 6.45) is 5.51. The van der Waals surface area contributed by atoms with E-state index in [0.29, 0.717) is 0 Å². The summed E-state index contributed by atoms with van der Waals surface area (Å²) in [5.74, 6) is 0. The van der Waals surface area contributed by atoms with E-state index >= 15 is 0 Å². The Bertz CT molecular complexity index is 263. The number of hydrogen-bond acceptors (Lipinski definition) is 0. The molecule has 1 rings (SSSR count). The summed E-state index contributed by atoms with van der Waals surface area (Å²) >= 11 is 2.40. The van der Waals surface area contributed by atoms with Crippen LogP contribution in [-0.2, 0) is 4.43 Å². The number of rotatable bonds is 3. The Balaban J connectivity index is 2.89. The van der Waals surface area contributed by atoms with Crippen molar-refractivity contribution < 1.29 is 0 Å². The average molecular weight is 272 g/mol. The van der Waals surface area contributed by atoms with Gasteiger partial charge in [0.2, 0.25) is 0 Å². The van der Waals surface area contributed by atoms with Gasteiger partial charge in [-0.1, -0.05) is 65.9 Å². The molecule has 0 aliphatic heterocycles. The molecule has 0 amide bonds. The molecule has 0 unspecified atom stereocenters. The topological polar surface area (TPSA) is 0 Å². The summed E-state index contributed by atoms with van der Waals surface area (Å²) in [5, 5.41) is 0. The smallest absolute Gasteiger partial charge is 0.0253 e. The van der Waals surface area contributed by atoms with E-state index in [9.17, 15) is 0 Å².